The summed E-state index contributed by atoms with van der Waals surface area (Å²) in [6.45, 7) is 7.09. The summed E-state index contributed by atoms with van der Waals surface area (Å²) in [6, 6.07) is 6.41. The van der Waals surface area contributed by atoms with Crippen LogP contribution in [-0.2, 0) is 4.74 Å². The van der Waals surface area contributed by atoms with Crippen molar-refractivity contribution in [3.8, 4) is 17.3 Å². The Kier molecular flexibility index (Phi) is 9.57. The molecule has 1 saturated heterocycles. The number of aromatic nitrogens is 4. The molecule has 4 aromatic rings. The van der Waals surface area contributed by atoms with Crippen LogP contribution in [0.15, 0.2) is 60.7 Å². The molecule has 1 atom stereocenters. The van der Waals surface area contributed by atoms with Crippen LogP contribution in [-0.4, -0.2) is 74.1 Å². The molecule has 0 radical (unpaired) electrons. The van der Waals surface area contributed by atoms with Crippen LogP contribution < -0.4 is 15.2 Å². The number of allylic oxidation sites excluding steroid dienone is 2. The number of H-pyrrole nitrogens is 1. The molecule has 0 saturated carbocycles. The number of hydrogen-bond donors (Lipinski definition) is 2. The van der Waals surface area contributed by atoms with E-state index >= 15 is 4.39 Å². The molecule has 0 bridgehead atoms. The van der Waals surface area contributed by atoms with Gasteiger partial charge in [0.1, 0.15) is 23.8 Å². The van der Waals surface area contributed by atoms with Crippen LogP contribution in [0.5, 0.6) is 11.6 Å². The largest absolute Gasteiger partial charge is 0.487 e. The van der Waals surface area contributed by atoms with Gasteiger partial charge in [-0.05, 0) is 81.9 Å². The van der Waals surface area contributed by atoms with Crippen molar-refractivity contribution in [1.29, 1.82) is 0 Å². The number of rotatable bonds is 9. The maximum atomic E-state index is 15.0. The number of anilines is 1. The van der Waals surface area contributed by atoms with E-state index in [0.29, 0.717) is 53.6 Å². The Labute approximate surface area is 291 Å². The fourth-order valence-corrected chi connectivity index (χ4v) is 6.12. The first kappa shape index (κ1) is 35.5. The standard InChI is InChI=1S/C36H38F4N6O5/c1-20-13-31(50-36(40)10-6-5-7-29(36)37)42-18-27(20)46-33(41)24(17-43-46)32(47)26-14-22-15-28(49-19-30(38)39)23(16-25(22)44-26)21-8-11-45(12-9-21)34(48)51-35(2,3)4/h5-7,13-18,21,30,44H,8-12,19,41H2,1-4H3. The number of amides is 1. The van der Waals surface area contributed by atoms with Gasteiger partial charge in [-0.25, -0.2) is 27.6 Å². The zero-order chi connectivity index (χ0) is 36.7. The molecular formula is C36H38F4N6O5. The van der Waals surface area contributed by atoms with E-state index in [1.54, 1.807) is 50.8 Å². The number of carbonyl (C=O) groups is 2. The van der Waals surface area contributed by atoms with Crippen molar-refractivity contribution in [2.75, 3.05) is 25.4 Å². The van der Waals surface area contributed by atoms with Gasteiger partial charge in [0.2, 0.25) is 11.7 Å². The van der Waals surface area contributed by atoms with Crippen molar-refractivity contribution < 1.29 is 41.4 Å². The number of nitrogens with one attached hydrogen (secondary N) is 1. The molecule has 2 aliphatic rings. The molecule has 15 heteroatoms. The number of aryl methyl sites for hydroxylation is 1. The number of hydrogen-bond acceptors (Lipinski definition) is 8. The normalized spacial score (nSPS) is 18.3. The highest BCUT2D eigenvalue weighted by molar-refractivity contribution is 6.12. The first-order valence-electron chi connectivity index (χ1n) is 16.4. The number of ether oxygens (including phenoxy) is 3. The van der Waals surface area contributed by atoms with Crippen LogP contribution in [0.25, 0.3) is 16.6 Å². The lowest BCUT2D eigenvalue weighted by atomic mass is 9.88. The van der Waals surface area contributed by atoms with Gasteiger partial charge in [0, 0.05) is 36.5 Å². The highest BCUT2D eigenvalue weighted by Crippen LogP contribution is 2.39. The van der Waals surface area contributed by atoms with Gasteiger partial charge in [0.15, 0.2) is 5.83 Å². The maximum Gasteiger partial charge on any atom is 0.410 e. The maximum absolute atomic E-state index is 15.0. The molecule has 1 aliphatic carbocycles. The molecule has 1 aromatic carbocycles. The van der Waals surface area contributed by atoms with Crippen LogP contribution >= 0.6 is 0 Å². The average Bonchev–Trinajstić information content (AvgIpc) is 3.67. The Morgan fingerprint density at radius 2 is 1.88 bits per heavy atom. The molecule has 1 aliphatic heterocycles. The van der Waals surface area contributed by atoms with Gasteiger partial charge in [0.25, 0.3) is 6.43 Å². The van der Waals surface area contributed by atoms with Crippen LogP contribution in [0.4, 0.5) is 28.2 Å². The van der Waals surface area contributed by atoms with Crippen LogP contribution in [0.2, 0.25) is 0 Å². The second kappa shape index (κ2) is 13.8. The van der Waals surface area contributed by atoms with Gasteiger partial charge in [0.05, 0.1) is 29.3 Å². The Bertz CT molecular complexity index is 2030. The van der Waals surface area contributed by atoms with E-state index in [4.69, 9.17) is 19.9 Å². The van der Waals surface area contributed by atoms with E-state index in [-0.39, 0.29) is 41.0 Å². The topological polar surface area (TPSA) is 138 Å². The Hall–Kier alpha value is -5.34. The SMILES string of the molecule is Cc1cc(OC2(F)CC=CC=C2F)ncc1-n1ncc(C(=O)c2cc3cc(OCC(F)F)c(C4CCN(C(=O)OC(C)(C)C)CC4)cc3[nH]2)c1N. The molecule has 1 unspecified atom stereocenters. The lowest BCUT2D eigenvalue weighted by molar-refractivity contribution is -0.0464. The first-order valence-corrected chi connectivity index (χ1v) is 16.4. The molecule has 1 amide bonds. The third-order valence-electron chi connectivity index (χ3n) is 8.67. The molecule has 3 N–H and O–H groups in total. The van der Waals surface area contributed by atoms with Crippen molar-refractivity contribution in [2.24, 2.45) is 0 Å². The number of fused-ring (bicyclic) bond motifs is 1. The van der Waals surface area contributed by atoms with Gasteiger partial charge in [-0.15, -0.1) is 0 Å². The van der Waals surface area contributed by atoms with Crippen molar-refractivity contribution in [3.63, 3.8) is 0 Å². The van der Waals surface area contributed by atoms with E-state index in [1.165, 1.54) is 35.3 Å². The van der Waals surface area contributed by atoms with Crippen molar-refractivity contribution in [3.05, 3.63) is 83.1 Å². The van der Waals surface area contributed by atoms with Crippen LogP contribution in [0.3, 0.4) is 0 Å². The summed E-state index contributed by atoms with van der Waals surface area (Å²) >= 11 is 0. The highest BCUT2D eigenvalue weighted by Gasteiger charge is 2.38. The fourth-order valence-electron chi connectivity index (χ4n) is 6.12. The molecule has 6 rings (SSSR count). The number of aromatic amines is 1. The summed E-state index contributed by atoms with van der Waals surface area (Å²) in [4.78, 5) is 35.2. The summed E-state index contributed by atoms with van der Waals surface area (Å²) < 4.78 is 73.2. The number of likely N-dealkylation sites (tertiary alicyclic amines) is 1. The van der Waals surface area contributed by atoms with Crippen LogP contribution in [0, 0.1) is 6.92 Å². The molecule has 0 spiro atoms. The average molecular weight is 711 g/mol. The minimum absolute atomic E-state index is 0.00368. The van der Waals surface area contributed by atoms with E-state index in [0.717, 1.165) is 6.08 Å². The predicted octanol–water partition coefficient (Wildman–Crippen LogP) is 7.49. The number of benzene rings is 1. The Balaban J connectivity index is 1.23. The molecule has 1 fully saturated rings. The Morgan fingerprint density at radius 3 is 2.55 bits per heavy atom. The quantitative estimate of drug-likeness (QED) is 0.135. The molecule has 4 heterocycles. The number of ketones is 1. The number of halogens is 4. The minimum atomic E-state index is -2.69. The van der Waals surface area contributed by atoms with Gasteiger partial charge >= 0.3 is 11.9 Å². The van der Waals surface area contributed by atoms with Crippen molar-refractivity contribution >= 4 is 28.6 Å². The number of pyridine rings is 1. The van der Waals surface area contributed by atoms with E-state index in [2.05, 4.69) is 15.1 Å². The third-order valence-corrected chi connectivity index (χ3v) is 8.67. The van der Waals surface area contributed by atoms with Crippen LogP contribution in [0.1, 0.15) is 73.1 Å². The predicted molar refractivity (Wildman–Crippen MR) is 181 cm³/mol. The van der Waals surface area contributed by atoms with Crippen molar-refractivity contribution in [1.82, 2.24) is 24.6 Å². The number of nitrogen functional groups attached to an aromatic ring is 1. The van der Waals surface area contributed by atoms with E-state index in [1.807, 2.05) is 0 Å². The molecule has 3 aromatic heterocycles. The Morgan fingerprint density at radius 1 is 1.14 bits per heavy atom. The smallest absolute Gasteiger partial charge is 0.410 e. The molecular weight excluding hydrogens is 672 g/mol. The highest BCUT2D eigenvalue weighted by atomic mass is 19.3. The molecule has 51 heavy (non-hydrogen) atoms. The number of nitrogens with two attached hydrogens (primary N) is 1. The fraction of sp³-hybridized carbons (Fsp3) is 0.389. The molecule has 11 nitrogen and oxygen atoms in total. The first-order chi connectivity index (χ1) is 24.1. The lowest BCUT2D eigenvalue weighted by Crippen LogP contribution is -2.41. The number of piperidine rings is 1. The number of alkyl halides is 3. The number of nitrogens with zero attached hydrogens (tertiary/aromatic N) is 4. The summed E-state index contributed by atoms with van der Waals surface area (Å²) in [7, 11) is 0. The zero-order valence-electron chi connectivity index (χ0n) is 28.5. The van der Waals surface area contributed by atoms with Crippen molar-refractivity contribution in [2.45, 2.75) is 70.8 Å². The number of carbonyl (C=O) groups excluding carboxylic acids is 2. The van der Waals surface area contributed by atoms with Gasteiger partial charge in [-0.3, -0.25) is 4.79 Å². The molecule has 270 valence electrons. The van der Waals surface area contributed by atoms with Gasteiger partial charge < -0.3 is 29.8 Å². The summed E-state index contributed by atoms with van der Waals surface area (Å²) in [5.74, 6) is -4.19. The zero-order valence-corrected chi connectivity index (χ0v) is 28.5. The van der Waals surface area contributed by atoms with Gasteiger partial charge in [-0.2, -0.15) is 9.49 Å². The van der Waals surface area contributed by atoms with E-state index in [9.17, 15) is 22.8 Å². The third kappa shape index (κ3) is 7.56. The monoisotopic (exact) mass is 710 g/mol. The lowest BCUT2D eigenvalue weighted by Gasteiger charge is -2.34. The minimum Gasteiger partial charge on any atom is -0.487 e. The summed E-state index contributed by atoms with van der Waals surface area (Å²) in [5.41, 5.74) is 8.19. The second-order valence-electron chi connectivity index (χ2n) is 13.6. The second-order valence-corrected chi connectivity index (χ2v) is 13.6. The summed E-state index contributed by atoms with van der Waals surface area (Å²) in [6.07, 6.45) is 4.15. The summed E-state index contributed by atoms with van der Waals surface area (Å²) in [5, 5.41) is 4.84. The van der Waals surface area contributed by atoms with E-state index < -0.39 is 42.2 Å². The van der Waals surface area contributed by atoms with Gasteiger partial charge in [-0.1, -0.05) is 12.2 Å².